The van der Waals surface area contributed by atoms with Gasteiger partial charge in [-0.2, -0.15) is 0 Å². The van der Waals surface area contributed by atoms with E-state index < -0.39 is 5.97 Å². The third-order valence-electron chi connectivity index (χ3n) is 3.79. The molecule has 4 nitrogen and oxygen atoms in total. The van der Waals surface area contributed by atoms with Crippen LogP contribution in [0.3, 0.4) is 0 Å². The first kappa shape index (κ1) is 14.3. The highest BCUT2D eigenvalue weighted by atomic mass is 16.4. The summed E-state index contributed by atoms with van der Waals surface area (Å²) in [5, 5.41) is 9.02. The molecule has 22 heavy (non-hydrogen) atoms. The molecule has 0 aliphatic rings. The van der Waals surface area contributed by atoms with E-state index in [-0.39, 0.29) is 5.56 Å². The fourth-order valence-corrected chi connectivity index (χ4v) is 2.48. The lowest BCUT2D eigenvalue weighted by Crippen LogP contribution is -1.97. The van der Waals surface area contributed by atoms with Crippen molar-refractivity contribution in [3.05, 3.63) is 71.2 Å². The summed E-state index contributed by atoms with van der Waals surface area (Å²) in [6.45, 7) is 4.36. The van der Waals surface area contributed by atoms with Crippen LogP contribution in [0.4, 0.5) is 0 Å². The molecular weight excluding hydrogens is 276 g/mol. The summed E-state index contributed by atoms with van der Waals surface area (Å²) >= 11 is 0. The lowest BCUT2D eigenvalue weighted by Gasteiger charge is -2.05. The molecule has 0 aliphatic carbocycles. The number of imidazole rings is 1. The van der Waals surface area contributed by atoms with Gasteiger partial charge in [0.2, 0.25) is 0 Å². The third-order valence-corrected chi connectivity index (χ3v) is 3.79. The van der Waals surface area contributed by atoms with Gasteiger partial charge in [-0.25, -0.2) is 9.78 Å². The number of carboxylic acid groups (broad SMARTS) is 1. The molecule has 3 rings (SSSR count). The molecule has 2 heterocycles. The number of hydrogen-bond acceptors (Lipinski definition) is 2. The highest BCUT2D eigenvalue weighted by Gasteiger charge is 2.07. The van der Waals surface area contributed by atoms with Gasteiger partial charge in [0.15, 0.2) is 0 Å². The van der Waals surface area contributed by atoms with Gasteiger partial charge in [0.1, 0.15) is 5.65 Å². The van der Waals surface area contributed by atoms with Crippen molar-refractivity contribution in [1.29, 1.82) is 0 Å². The second-order valence-electron chi connectivity index (χ2n) is 5.79. The van der Waals surface area contributed by atoms with Crippen LogP contribution in [0, 0.1) is 0 Å². The number of aromatic nitrogens is 2. The molecule has 4 heteroatoms. The molecule has 0 saturated heterocycles. The zero-order chi connectivity index (χ0) is 15.7. The number of carbonyl (C=O) groups is 1. The first-order valence-electron chi connectivity index (χ1n) is 7.32. The summed E-state index contributed by atoms with van der Waals surface area (Å²) in [4.78, 5) is 15.5. The maximum Gasteiger partial charge on any atom is 0.335 e. The highest BCUT2D eigenvalue weighted by molar-refractivity contribution is 5.88. The van der Waals surface area contributed by atoms with Gasteiger partial charge in [-0.05, 0) is 29.2 Å². The summed E-state index contributed by atoms with van der Waals surface area (Å²) in [7, 11) is 0. The van der Waals surface area contributed by atoms with Gasteiger partial charge in [0.05, 0.1) is 11.3 Å². The topological polar surface area (TPSA) is 54.6 Å². The lowest BCUT2D eigenvalue weighted by atomic mass is 10.0. The molecule has 0 aliphatic heterocycles. The number of rotatable bonds is 4. The molecule has 0 saturated carbocycles. The summed E-state index contributed by atoms with van der Waals surface area (Å²) < 4.78 is 1.85. The van der Waals surface area contributed by atoms with Crippen LogP contribution >= 0.6 is 0 Å². The van der Waals surface area contributed by atoms with Crippen LogP contribution in [-0.2, 0) is 6.42 Å². The van der Waals surface area contributed by atoms with Crippen LogP contribution in [0.25, 0.3) is 5.65 Å². The van der Waals surface area contributed by atoms with Crippen LogP contribution < -0.4 is 0 Å². The Morgan fingerprint density at radius 2 is 1.95 bits per heavy atom. The lowest BCUT2D eigenvalue weighted by molar-refractivity contribution is 0.0697. The van der Waals surface area contributed by atoms with Gasteiger partial charge in [0.25, 0.3) is 0 Å². The Balaban J connectivity index is 1.85. The largest absolute Gasteiger partial charge is 0.478 e. The number of aromatic carboxylic acids is 1. The van der Waals surface area contributed by atoms with Crippen molar-refractivity contribution in [2.75, 3.05) is 0 Å². The van der Waals surface area contributed by atoms with Gasteiger partial charge in [-0.15, -0.1) is 0 Å². The van der Waals surface area contributed by atoms with Gasteiger partial charge >= 0.3 is 5.97 Å². The Hall–Kier alpha value is -2.62. The van der Waals surface area contributed by atoms with Crippen LogP contribution in [0.2, 0.25) is 0 Å². The van der Waals surface area contributed by atoms with E-state index in [0.29, 0.717) is 11.6 Å². The normalized spacial score (nSPS) is 11.2. The summed E-state index contributed by atoms with van der Waals surface area (Å²) in [5.41, 5.74) is 4.37. The first-order chi connectivity index (χ1) is 10.5. The van der Waals surface area contributed by atoms with Gasteiger partial charge < -0.3 is 9.51 Å². The zero-order valence-corrected chi connectivity index (χ0v) is 12.7. The second kappa shape index (κ2) is 5.64. The van der Waals surface area contributed by atoms with E-state index in [1.807, 2.05) is 10.6 Å². The Labute approximate surface area is 129 Å². The van der Waals surface area contributed by atoms with E-state index in [2.05, 4.69) is 43.1 Å². The van der Waals surface area contributed by atoms with Crippen molar-refractivity contribution in [2.45, 2.75) is 26.2 Å². The monoisotopic (exact) mass is 294 g/mol. The number of fused-ring (bicyclic) bond motifs is 1. The number of nitrogens with zero attached hydrogens (tertiary/aromatic N) is 2. The van der Waals surface area contributed by atoms with E-state index in [1.165, 1.54) is 11.1 Å². The maximum atomic E-state index is 11.0. The van der Waals surface area contributed by atoms with Crippen LogP contribution in [0.5, 0.6) is 0 Å². The maximum absolute atomic E-state index is 11.0. The molecule has 1 aromatic carbocycles. The standard InChI is InChI=1S/C18H18N2O2/c1-12(2)14-5-3-13(4-6-14)9-16-11-20-8-7-15(18(21)22)10-17(20)19-16/h3-8,10-12H,9H2,1-2H3,(H,21,22). The van der Waals surface area contributed by atoms with Crippen molar-refractivity contribution in [2.24, 2.45) is 0 Å². The molecule has 112 valence electrons. The number of hydrogen-bond donors (Lipinski definition) is 1. The molecule has 0 amide bonds. The summed E-state index contributed by atoms with van der Waals surface area (Å²) in [6, 6.07) is 11.7. The van der Waals surface area contributed by atoms with Gasteiger partial charge in [-0.1, -0.05) is 38.1 Å². The van der Waals surface area contributed by atoms with Crippen molar-refractivity contribution >= 4 is 11.6 Å². The van der Waals surface area contributed by atoms with Crippen LogP contribution in [0.1, 0.15) is 46.9 Å². The van der Waals surface area contributed by atoms with Crippen molar-refractivity contribution in [1.82, 2.24) is 9.38 Å². The minimum Gasteiger partial charge on any atom is -0.478 e. The number of benzene rings is 1. The molecule has 0 bridgehead atoms. The Kier molecular flexibility index (Phi) is 3.67. The Bertz CT molecular complexity index is 817. The van der Waals surface area contributed by atoms with E-state index in [9.17, 15) is 4.79 Å². The fourth-order valence-electron chi connectivity index (χ4n) is 2.48. The third kappa shape index (κ3) is 2.86. The fraction of sp³-hybridized carbons (Fsp3) is 0.222. The van der Waals surface area contributed by atoms with Crippen molar-refractivity contribution in [3.63, 3.8) is 0 Å². The first-order valence-corrected chi connectivity index (χ1v) is 7.32. The summed E-state index contributed by atoms with van der Waals surface area (Å²) in [5.74, 6) is -0.407. The summed E-state index contributed by atoms with van der Waals surface area (Å²) in [6.07, 6.45) is 4.41. The van der Waals surface area contributed by atoms with Crippen molar-refractivity contribution in [3.8, 4) is 0 Å². The highest BCUT2D eigenvalue weighted by Crippen LogP contribution is 2.17. The molecule has 0 radical (unpaired) electrons. The molecule has 2 aromatic heterocycles. The van der Waals surface area contributed by atoms with E-state index in [1.54, 1.807) is 18.3 Å². The zero-order valence-electron chi connectivity index (χ0n) is 12.7. The average Bonchev–Trinajstić information content (AvgIpc) is 2.88. The van der Waals surface area contributed by atoms with E-state index >= 15 is 0 Å². The molecule has 1 N–H and O–H groups in total. The molecule has 0 fully saturated rings. The minimum absolute atomic E-state index is 0.255. The van der Waals surface area contributed by atoms with E-state index in [0.717, 1.165) is 12.1 Å². The molecule has 0 atom stereocenters. The van der Waals surface area contributed by atoms with Crippen LogP contribution in [-0.4, -0.2) is 20.5 Å². The second-order valence-corrected chi connectivity index (χ2v) is 5.79. The molecule has 0 unspecified atom stereocenters. The average molecular weight is 294 g/mol. The molecular formula is C18H18N2O2. The number of carboxylic acids is 1. The van der Waals surface area contributed by atoms with E-state index in [4.69, 9.17) is 5.11 Å². The quantitative estimate of drug-likeness (QED) is 0.797. The smallest absolute Gasteiger partial charge is 0.335 e. The minimum atomic E-state index is -0.934. The molecule has 3 aromatic rings. The Morgan fingerprint density at radius 1 is 1.23 bits per heavy atom. The van der Waals surface area contributed by atoms with Gasteiger partial charge in [-0.3, -0.25) is 0 Å². The molecule has 0 spiro atoms. The Morgan fingerprint density at radius 3 is 2.59 bits per heavy atom. The number of pyridine rings is 1. The predicted molar refractivity (Wildman–Crippen MR) is 85.5 cm³/mol. The van der Waals surface area contributed by atoms with Crippen LogP contribution in [0.15, 0.2) is 48.8 Å². The van der Waals surface area contributed by atoms with Crippen molar-refractivity contribution < 1.29 is 9.90 Å². The van der Waals surface area contributed by atoms with Gasteiger partial charge in [0, 0.05) is 18.8 Å². The SMILES string of the molecule is CC(C)c1ccc(Cc2cn3ccc(C(=O)O)cc3n2)cc1. The predicted octanol–water partition coefficient (Wildman–Crippen LogP) is 3.75.